The number of rotatable bonds is 4. The maximum atomic E-state index is 12.9. The third-order valence-electron chi connectivity index (χ3n) is 4.55. The minimum absolute atomic E-state index is 0.0759. The fourth-order valence-corrected chi connectivity index (χ4v) is 3.54. The van der Waals surface area contributed by atoms with Gasteiger partial charge in [0, 0.05) is 30.2 Å². The molecule has 0 saturated heterocycles. The van der Waals surface area contributed by atoms with E-state index in [-0.39, 0.29) is 12.4 Å². The number of pyridine rings is 1. The Morgan fingerprint density at radius 2 is 2.16 bits per heavy atom. The molecule has 4 rings (SSSR count). The van der Waals surface area contributed by atoms with Crippen LogP contribution in [0.2, 0.25) is 10.0 Å². The first-order chi connectivity index (χ1) is 12.1. The predicted octanol–water partition coefficient (Wildman–Crippen LogP) is 3.37. The van der Waals surface area contributed by atoms with Gasteiger partial charge in [-0.25, -0.2) is 0 Å². The Balaban J connectivity index is 1.52. The number of fused-ring (bicyclic) bond motifs is 1. The number of anilines is 1. The summed E-state index contributed by atoms with van der Waals surface area (Å²) < 4.78 is 0. The second-order valence-corrected chi connectivity index (χ2v) is 6.91. The molecule has 0 amide bonds. The van der Waals surface area contributed by atoms with E-state index < -0.39 is 5.92 Å². The van der Waals surface area contributed by atoms with E-state index in [2.05, 4.69) is 15.0 Å². The lowest BCUT2D eigenvalue weighted by molar-refractivity contribution is -0.120. The normalized spacial score (nSPS) is 18.7. The van der Waals surface area contributed by atoms with Crippen LogP contribution in [0.3, 0.4) is 0 Å². The lowest BCUT2D eigenvalue weighted by Gasteiger charge is -2.20. The molecule has 2 aliphatic heterocycles. The minimum atomic E-state index is -0.400. The molecule has 0 aliphatic carbocycles. The summed E-state index contributed by atoms with van der Waals surface area (Å²) in [6.45, 7) is 1.40. The maximum Gasteiger partial charge on any atom is 0.164 e. The van der Waals surface area contributed by atoms with Gasteiger partial charge < -0.3 is 9.74 Å². The van der Waals surface area contributed by atoms with Gasteiger partial charge in [0.1, 0.15) is 18.2 Å². The molecule has 1 aromatic heterocycles. The molecular formula is C18H15Cl2N3O2. The first kappa shape index (κ1) is 16.4. The summed E-state index contributed by atoms with van der Waals surface area (Å²) in [5.74, 6) is -0.324. The largest absolute Gasteiger partial charge is 0.394 e. The van der Waals surface area contributed by atoms with E-state index in [1.807, 2.05) is 12.3 Å². The molecule has 1 aromatic carbocycles. The third-order valence-corrected chi connectivity index (χ3v) is 5.29. The Morgan fingerprint density at radius 1 is 1.28 bits per heavy atom. The Bertz CT molecular complexity index is 869. The minimum Gasteiger partial charge on any atom is -0.394 e. The van der Waals surface area contributed by atoms with Gasteiger partial charge in [0.15, 0.2) is 5.78 Å². The molecule has 7 heteroatoms. The molecule has 0 saturated carbocycles. The molecular weight excluding hydrogens is 361 g/mol. The molecule has 2 aromatic rings. The average molecular weight is 376 g/mol. The lowest BCUT2D eigenvalue weighted by atomic mass is 9.93. The van der Waals surface area contributed by atoms with Crippen LogP contribution in [0, 0.1) is 5.92 Å². The van der Waals surface area contributed by atoms with Crippen LogP contribution >= 0.6 is 23.2 Å². The van der Waals surface area contributed by atoms with Gasteiger partial charge in [-0.05, 0) is 30.2 Å². The zero-order valence-corrected chi connectivity index (χ0v) is 14.8. The van der Waals surface area contributed by atoms with Crippen molar-refractivity contribution in [2.24, 2.45) is 11.1 Å². The summed E-state index contributed by atoms with van der Waals surface area (Å²) in [5.41, 5.74) is 3.63. The summed E-state index contributed by atoms with van der Waals surface area (Å²) in [6, 6.07) is 7.17. The van der Waals surface area contributed by atoms with Crippen molar-refractivity contribution in [1.82, 2.24) is 4.98 Å². The van der Waals surface area contributed by atoms with Gasteiger partial charge in [0.25, 0.3) is 0 Å². The highest BCUT2D eigenvalue weighted by atomic mass is 35.5. The Hall–Kier alpha value is -2.11. The lowest BCUT2D eigenvalue weighted by Crippen LogP contribution is -2.35. The Morgan fingerprint density at radius 3 is 3.00 bits per heavy atom. The summed E-state index contributed by atoms with van der Waals surface area (Å²) in [4.78, 5) is 24.3. The highest BCUT2D eigenvalue weighted by molar-refractivity contribution is 6.42. The van der Waals surface area contributed by atoms with Crippen molar-refractivity contribution in [2.45, 2.75) is 6.42 Å². The summed E-state index contributed by atoms with van der Waals surface area (Å²) >= 11 is 12.1. The number of Topliss-reactive ketones (excluding diaryl/α,β-unsaturated/α-hetero) is 1. The van der Waals surface area contributed by atoms with E-state index >= 15 is 0 Å². The van der Waals surface area contributed by atoms with Gasteiger partial charge >= 0.3 is 0 Å². The smallest absolute Gasteiger partial charge is 0.164 e. The van der Waals surface area contributed by atoms with Crippen LogP contribution in [0.25, 0.3) is 0 Å². The van der Waals surface area contributed by atoms with Crippen LogP contribution < -0.4 is 4.90 Å². The number of ketones is 1. The number of oxime groups is 1. The monoisotopic (exact) mass is 375 g/mol. The summed E-state index contributed by atoms with van der Waals surface area (Å²) in [6.07, 6.45) is 4.52. The fourth-order valence-electron chi connectivity index (χ4n) is 3.24. The average Bonchev–Trinajstić information content (AvgIpc) is 3.25. The Kier molecular flexibility index (Phi) is 4.36. The number of nitrogens with zero attached hydrogens (tertiary/aromatic N) is 3. The first-order valence-corrected chi connectivity index (χ1v) is 8.75. The van der Waals surface area contributed by atoms with Gasteiger partial charge in [0.2, 0.25) is 0 Å². The SMILES string of the molecule is O=C(CN1CCc2cnccc21)C1CON=C1c1ccc(Cl)c(Cl)c1. The summed E-state index contributed by atoms with van der Waals surface area (Å²) in [5, 5.41) is 4.96. The molecule has 0 fully saturated rings. The molecule has 1 unspecified atom stereocenters. The molecule has 25 heavy (non-hydrogen) atoms. The number of halogens is 2. The predicted molar refractivity (Wildman–Crippen MR) is 97.6 cm³/mol. The second kappa shape index (κ2) is 6.65. The first-order valence-electron chi connectivity index (χ1n) is 7.99. The van der Waals surface area contributed by atoms with Crippen molar-refractivity contribution in [1.29, 1.82) is 0 Å². The molecule has 0 bridgehead atoms. The third kappa shape index (κ3) is 3.10. The van der Waals surface area contributed by atoms with Crippen molar-refractivity contribution >= 4 is 40.4 Å². The maximum absolute atomic E-state index is 12.9. The second-order valence-electron chi connectivity index (χ2n) is 6.10. The van der Waals surface area contributed by atoms with Crippen LogP contribution in [-0.4, -0.2) is 36.2 Å². The topological polar surface area (TPSA) is 54.8 Å². The zero-order chi connectivity index (χ0) is 17.4. The molecule has 0 radical (unpaired) electrons. The van der Waals surface area contributed by atoms with Crippen molar-refractivity contribution in [3.8, 4) is 0 Å². The van der Waals surface area contributed by atoms with Crippen molar-refractivity contribution in [3.05, 3.63) is 57.8 Å². The summed E-state index contributed by atoms with van der Waals surface area (Å²) in [7, 11) is 0. The van der Waals surface area contributed by atoms with Gasteiger partial charge in [-0.3, -0.25) is 9.78 Å². The van der Waals surface area contributed by atoms with Crippen molar-refractivity contribution < 1.29 is 9.63 Å². The number of hydrogen-bond donors (Lipinski definition) is 0. The quantitative estimate of drug-likeness (QED) is 0.821. The number of hydrogen-bond acceptors (Lipinski definition) is 5. The number of benzene rings is 1. The molecule has 0 N–H and O–H groups in total. The van der Waals surface area contributed by atoms with E-state index in [0.29, 0.717) is 22.3 Å². The zero-order valence-electron chi connectivity index (χ0n) is 13.3. The fraction of sp³-hybridized carbons (Fsp3) is 0.278. The van der Waals surface area contributed by atoms with Gasteiger partial charge in [0.05, 0.1) is 16.6 Å². The van der Waals surface area contributed by atoms with Crippen LogP contribution in [0.5, 0.6) is 0 Å². The van der Waals surface area contributed by atoms with E-state index in [4.69, 9.17) is 28.0 Å². The number of carbonyl (C=O) groups excluding carboxylic acids is 1. The van der Waals surface area contributed by atoms with E-state index in [1.54, 1.807) is 24.4 Å². The van der Waals surface area contributed by atoms with Gasteiger partial charge in [-0.15, -0.1) is 0 Å². The molecule has 0 spiro atoms. The molecule has 3 heterocycles. The highest BCUT2D eigenvalue weighted by Gasteiger charge is 2.33. The molecule has 5 nitrogen and oxygen atoms in total. The van der Waals surface area contributed by atoms with E-state index in [0.717, 1.165) is 24.2 Å². The van der Waals surface area contributed by atoms with E-state index in [9.17, 15) is 4.79 Å². The van der Waals surface area contributed by atoms with Crippen LogP contribution in [0.4, 0.5) is 5.69 Å². The van der Waals surface area contributed by atoms with Crippen LogP contribution in [0.15, 0.2) is 41.8 Å². The van der Waals surface area contributed by atoms with E-state index in [1.165, 1.54) is 5.56 Å². The molecule has 2 aliphatic rings. The van der Waals surface area contributed by atoms with Crippen molar-refractivity contribution in [3.63, 3.8) is 0 Å². The van der Waals surface area contributed by atoms with Crippen LogP contribution in [-0.2, 0) is 16.1 Å². The van der Waals surface area contributed by atoms with Crippen molar-refractivity contribution in [2.75, 3.05) is 24.6 Å². The number of aromatic nitrogens is 1. The molecule has 128 valence electrons. The molecule has 1 atom stereocenters. The Labute approximate surface area is 155 Å². The van der Waals surface area contributed by atoms with Gasteiger partial charge in [-0.2, -0.15) is 0 Å². The highest BCUT2D eigenvalue weighted by Crippen LogP contribution is 2.29. The van der Waals surface area contributed by atoms with Crippen LogP contribution in [0.1, 0.15) is 11.1 Å². The standard InChI is InChI=1S/C18H15Cl2N3O2/c19-14-2-1-11(7-15(14)20)18-13(10-25-22-18)17(24)9-23-6-4-12-8-21-5-3-16(12)23/h1-3,5,7-8,13H,4,6,9-10H2. The van der Waals surface area contributed by atoms with Gasteiger partial charge in [-0.1, -0.05) is 34.4 Å². The number of carbonyl (C=O) groups is 1.